The number of aliphatic hydroxyl groups is 1. The maximum absolute atomic E-state index is 11.9. The van der Waals surface area contributed by atoms with Crippen LogP contribution in [0.3, 0.4) is 0 Å². The van der Waals surface area contributed by atoms with Crippen molar-refractivity contribution >= 4 is 17.9 Å². The number of carboxylic acid groups (broad SMARTS) is 1. The van der Waals surface area contributed by atoms with Crippen molar-refractivity contribution in [3.63, 3.8) is 0 Å². The summed E-state index contributed by atoms with van der Waals surface area (Å²) in [4.78, 5) is 35.0. The lowest BCUT2D eigenvalue weighted by molar-refractivity contribution is -0.141. The quantitative estimate of drug-likeness (QED) is 0.506. The first kappa shape index (κ1) is 15.2. The highest BCUT2D eigenvalue weighted by molar-refractivity contribution is 5.84. The van der Waals surface area contributed by atoms with E-state index in [1.165, 1.54) is 0 Å². The molecule has 1 aliphatic heterocycles. The Morgan fingerprint density at radius 2 is 2.00 bits per heavy atom. The highest BCUT2D eigenvalue weighted by atomic mass is 16.4. The van der Waals surface area contributed by atoms with Crippen LogP contribution in [0.15, 0.2) is 0 Å². The molecule has 8 heteroatoms. The van der Waals surface area contributed by atoms with E-state index < -0.39 is 35.5 Å². The number of nitrogens with zero attached hydrogens (tertiary/aromatic N) is 1. The van der Waals surface area contributed by atoms with Crippen LogP contribution in [-0.4, -0.2) is 58.3 Å². The molecule has 1 aliphatic rings. The summed E-state index contributed by atoms with van der Waals surface area (Å²) >= 11 is 0. The molecule has 2 atom stereocenters. The summed E-state index contributed by atoms with van der Waals surface area (Å²) in [5.74, 6) is -1.73. The first-order valence-corrected chi connectivity index (χ1v) is 5.90. The minimum absolute atomic E-state index is 0.000100. The van der Waals surface area contributed by atoms with Gasteiger partial charge >= 0.3 is 12.0 Å². The van der Waals surface area contributed by atoms with E-state index in [1.807, 2.05) is 0 Å². The number of primary amides is 1. The first-order valence-electron chi connectivity index (χ1n) is 5.90. The minimum atomic E-state index is -1.17. The van der Waals surface area contributed by atoms with Crippen molar-refractivity contribution in [1.29, 1.82) is 0 Å². The topological polar surface area (TPSA) is 133 Å². The standard InChI is InChI=1S/C11H19N3O5/c1-11(2,9(12)18)5-13-10(19)14-4-6(15)3-7(14)8(16)17/h6-7,15H,3-5H2,1-2H3,(H2,12,18)(H,13,19)(H,16,17). The molecule has 0 aromatic heterocycles. The first-order chi connectivity index (χ1) is 8.65. The second kappa shape index (κ2) is 5.43. The van der Waals surface area contributed by atoms with Crippen LogP contribution in [0.4, 0.5) is 4.79 Å². The molecule has 0 radical (unpaired) electrons. The van der Waals surface area contributed by atoms with Crippen molar-refractivity contribution in [3.8, 4) is 0 Å². The van der Waals surface area contributed by atoms with E-state index in [9.17, 15) is 19.5 Å². The zero-order valence-corrected chi connectivity index (χ0v) is 10.9. The summed E-state index contributed by atoms with van der Waals surface area (Å²) in [6, 6.07) is -1.68. The van der Waals surface area contributed by atoms with Crippen molar-refractivity contribution in [2.75, 3.05) is 13.1 Å². The molecule has 0 saturated carbocycles. The van der Waals surface area contributed by atoms with Gasteiger partial charge in [0.1, 0.15) is 6.04 Å². The zero-order chi connectivity index (χ0) is 14.8. The molecule has 1 saturated heterocycles. The fraction of sp³-hybridized carbons (Fsp3) is 0.727. The number of hydrogen-bond donors (Lipinski definition) is 4. The van der Waals surface area contributed by atoms with Crippen molar-refractivity contribution in [1.82, 2.24) is 10.2 Å². The van der Waals surface area contributed by atoms with Crippen LogP contribution in [-0.2, 0) is 9.59 Å². The molecule has 108 valence electrons. The van der Waals surface area contributed by atoms with Gasteiger partial charge in [0.15, 0.2) is 0 Å². The van der Waals surface area contributed by atoms with E-state index in [0.29, 0.717) is 0 Å². The fourth-order valence-corrected chi connectivity index (χ4v) is 1.76. The Morgan fingerprint density at radius 3 is 2.47 bits per heavy atom. The van der Waals surface area contributed by atoms with Crippen molar-refractivity contribution < 1.29 is 24.6 Å². The van der Waals surface area contributed by atoms with Gasteiger partial charge in [0, 0.05) is 19.5 Å². The van der Waals surface area contributed by atoms with Gasteiger partial charge in [-0.05, 0) is 13.8 Å². The van der Waals surface area contributed by atoms with E-state index in [2.05, 4.69) is 5.32 Å². The average molecular weight is 273 g/mol. The molecule has 3 amide bonds. The lowest BCUT2D eigenvalue weighted by atomic mass is 9.93. The number of rotatable bonds is 4. The SMILES string of the molecule is CC(C)(CNC(=O)N1CC(O)CC1C(=O)O)C(N)=O. The average Bonchev–Trinajstić information content (AvgIpc) is 2.68. The number of carbonyl (C=O) groups is 3. The highest BCUT2D eigenvalue weighted by Gasteiger charge is 2.39. The van der Waals surface area contributed by atoms with Gasteiger partial charge in [-0.1, -0.05) is 0 Å². The number of nitrogens with two attached hydrogens (primary N) is 1. The second-order valence-corrected chi connectivity index (χ2v) is 5.30. The lowest BCUT2D eigenvalue weighted by Gasteiger charge is -2.25. The molecule has 0 spiro atoms. The molecule has 1 rings (SSSR count). The van der Waals surface area contributed by atoms with Crippen LogP contribution in [0.5, 0.6) is 0 Å². The molecule has 8 nitrogen and oxygen atoms in total. The summed E-state index contributed by atoms with van der Waals surface area (Å²) in [7, 11) is 0. The summed E-state index contributed by atoms with van der Waals surface area (Å²) in [5, 5.41) is 20.8. The Morgan fingerprint density at radius 1 is 1.42 bits per heavy atom. The van der Waals surface area contributed by atoms with Crippen LogP contribution in [0, 0.1) is 5.41 Å². The number of β-amino-alcohol motifs (C(OH)–C–C–N with tert-alkyl or cyclic N) is 1. The second-order valence-electron chi connectivity index (χ2n) is 5.30. The van der Waals surface area contributed by atoms with Crippen LogP contribution < -0.4 is 11.1 Å². The Kier molecular flexibility index (Phi) is 4.35. The number of nitrogens with one attached hydrogen (secondary N) is 1. The monoisotopic (exact) mass is 273 g/mol. The third kappa shape index (κ3) is 3.57. The smallest absolute Gasteiger partial charge is 0.326 e. The van der Waals surface area contributed by atoms with E-state index in [-0.39, 0.29) is 19.5 Å². The number of aliphatic carboxylic acids is 1. The van der Waals surface area contributed by atoms with Crippen molar-refractivity contribution in [3.05, 3.63) is 0 Å². The van der Waals surface area contributed by atoms with Crippen LogP contribution in [0.1, 0.15) is 20.3 Å². The predicted molar refractivity (Wildman–Crippen MR) is 65.1 cm³/mol. The molecule has 0 aromatic carbocycles. The lowest BCUT2D eigenvalue weighted by Crippen LogP contribution is -2.50. The van der Waals surface area contributed by atoms with Gasteiger partial charge in [-0.2, -0.15) is 0 Å². The number of amides is 3. The molecule has 2 unspecified atom stereocenters. The van der Waals surface area contributed by atoms with Crippen LogP contribution >= 0.6 is 0 Å². The number of hydrogen-bond acceptors (Lipinski definition) is 4. The third-order valence-corrected chi connectivity index (χ3v) is 3.17. The fourth-order valence-electron chi connectivity index (χ4n) is 1.76. The van der Waals surface area contributed by atoms with Crippen LogP contribution in [0.2, 0.25) is 0 Å². The summed E-state index contributed by atoms with van der Waals surface area (Å²) < 4.78 is 0. The number of carboxylic acids is 1. The molecular formula is C11H19N3O5. The number of likely N-dealkylation sites (tertiary alicyclic amines) is 1. The predicted octanol–water partition coefficient (Wildman–Crippen LogP) is -1.27. The Hall–Kier alpha value is -1.83. The normalized spacial score (nSPS) is 23.2. The molecule has 1 fully saturated rings. The minimum Gasteiger partial charge on any atom is -0.480 e. The summed E-state index contributed by atoms with van der Waals surface area (Å²) in [6.45, 7) is 3.10. The summed E-state index contributed by atoms with van der Waals surface area (Å²) in [5.41, 5.74) is 4.25. The van der Waals surface area contributed by atoms with Crippen molar-refractivity contribution in [2.45, 2.75) is 32.4 Å². The highest BCUT2D eigenvalue weighted by Crippen LogP contribution is 2.19. The maximum atomic E-state index is 11.9. The van der Waals surface area contributed by atoms with Gasteiger partial charge in [-0.3, -0.25) is 4.79 Å². The molecule has 19 heavy (non-hydrogen) atoms. The zero-order valence-electron chi connectivity index (χ0n) is 10.9. The Labute approximate surface area is 110 Å². The van der Waals surface area contributed by atoms with Crippen LogP contribution in [0.25, 0.3) is 0 Å². The maximum Gasteiger partial charge on any atom is 0.326 e. The molecule has 0 aromatic rings. The van der Waals surface area contributed by atoms with Crippen molar-refractivity contribution in [2.24, 2.45) is 11.1 Å². The Balaban J connectivity index is 2.63. The Bertz CT molecular complexity index is 396. The number of carbonyl (C=O) groups excluding carboxylic acids is 2. The third-order valence-electron chi connectivity index (χ3n) is 3.17. The largest absolute Gasteiger partial charge is 0.480 e. The summed E-state index contributed by atoms with van der Waals surface area (Å²) in [6.07, 6.45) is -0.849. The molecule has 5 N–H and O–H groups in total. The van der Waals surface area contributed by atoms with E-state index in [1.54, 1.807) is 13.8 Å². The van der Waals surface area contributed by atoms with E-state index >= 15 is 0 Å². The molecule has 0 aliphatic carbocycles. The number of aliphatic hydroxyl groups excluding tert-OH is 1. The molecule has 0 bridgehead atoms. The van der Waals surface area contributed by atoms with Gasteiger partial charge < -0.3 is 26.2 Å². The molecule has 1 heterocycles. The van der Waals surface area contributed by atoms with Gasteiger partial charge in [0.25, 0.3) is 0 Å². The van der Waals surface area contributed by atoms with Gasteiger partial charge in [0.05, 0.1) is 11.5 Å². The van der Waals surface area contributed by atoms with Gasteiger partial charge in [-0.25, -0.2) is 9.59 Å². The number of urea groups is 1. The molecular weight excluding hydrogens is 254 g/mol. The van der Waals surface area contributed by atoms with E-state index in [4.69, 9.17) is 10.8 Å². The van der Waals surface area contributed by atoms with E-state index in [0.717, 1.165) is 4.90 Å². The van der Waals surface area contributed by atoms with Gasteiger partial charge in [0.2, 0.25) is 5.91 Å². The van der Waals surface area contributed by atoms with Gasteiger partial charge in [-0.15, -0.1) is 0 Å².